The van der Waals surface area contributed by atoms with Crippen molar-refractivity contribution >= 4 is 40.2 Å². The third kappa shape index (κ3) is 3.61. The number of aromatic nitrogens is 2. The van der Waals surface area contributed by atoms with Crippen LogP contribution in [0.5, 0.6) is 0 Å². The van der Waals surface area contributed by atoms with Crippen molar-refractivity contribution in [2.75, 3.05) is 7.11 Å². The highest BCUT2D eigenvalue weighted by Crippen LogP contribution is 2.26. The van der Waals surface area contributed by atoms with Gasteiger partial charge in [0, 0.05) is 5.02 Å². The molecule has 1 atom stereocenters. The van der Waals surface area contributed by atoms with Gasteiger partial charge < -0.3 is 4.74 Å². The fourth-order valence-corrected chi connectivity index (χ4v) is 3.70. The minimum atomic E-state index is -0.514. The van der Waals surface area contributed by atoms with Gasteiger partial charge in [0.1, 0.15) is 5.25 Å². The van der Waals surface area contributed by atoms with Gasteiger partial charge in [-0.25, -0.2) is 4.98 Å². The van der Waals surface area contributed by atoms with Crippen LogP contribution in [0.2, 0.25) is 5.02 Å². The van der Waals surface area contributed by atoms with Gasteiger partial charge in [-0.3, -0.25) is 14.2 Å². The summed E-state index contributed by atoms with van der Waals surface area (Å²) >= 11 is 7.22. The largest absolute Gasteiger partial charge is 0.468 e. The van der Waals surface area contributed by atoms with E-state index >= 15 is 0 Å². The standard InChI is InChI=1S/C19H17ClN2O3S/c1-11-5-4-6-14(9-11)22-17(23)15-8-7-13(20)10-16(15)21-19(22)26-12(2)18(24)25-3/h4-10,12H,1-3H3/t12-/m1/s1. The van der Waals surface area contributed by atoms with Crippen LogP contribution in [-0.2, 0) is 9.53 Å². The molecule has 0 aliphatic rings. The molecule has 3 rings (SSSR count). The molecule has 0 saturated carbocycles. The summed E-state index contributed by atoms with van der Waals surface area (Å²) in [5, 5.41) is 0.855. The highest BCUT2D eigenvalue weighted by molar-refractivity contribution is 8.00. The van der Waals surface area contributed by atoms with Gasteiger partial charge in [-0.1, -0.05) is 35.5 Å². The second kappa shape index (κ2) is 7.51. The molecule has 5 nitrogen and oxygen atoms in total. The van der Waals surface area contributed by atoms with Crippen LogP contribution in [0, 0.1) is 6.92 Å². The number of thioether (sulfide) groups is 1. The van der Waals surface area contributed by atoms with Crippen molar-refractivity contribution in [3.8, 4) is 5.69 Å². The molecule has 0 spiro atoms. The first kappa shape index (κ1) is 18.5. The molecule has 0 fully saturated rings. The summed E-state index contributed by atoms with van der Waals surface area (Å²) in [4.78, 5) is 29.6. The molecule has 0 amide bonds. The van der Waals surface area contributed by atoms with E-state index in [1.807, 2.05) is 31.2 Å². The van der Waals surface area contributed by atoms with E-state index in [2.05, 4.69) is 4.98 Å². The summed E-state index contributed by atoms with van der Waals surface area (Å²) in [5.74, 6) is -0.383. The number of hydrogen-bond donors (Lipinski definition) is 0. The molecule has 0 unspecified atom stereocenters. The van der Waals surface area contributed by atoms with Gasteiger partial charge in [0.15, 0.2) is 5.16 Å². The number of nitrogens with zero attached hydrogens (tertiary/aromatic N) is 2. The maximum Gasteiger partial charge on any atom is 0.318 e. The van der Waals surface area contributed by atoms with E-state index in [1.54, 1.807) is 25.1 Å². The lowest BCUT2D eigenvalue weighted by atomic mass is 10.2. The number of hydrogen-bond acceptors (Lipinski definition) is 5. The Hall–Kier alpha value is -2.31. The minimum Gasteiger partial charge on any atom is -0.468 e. The molecular formula is C19H17ClN2O3S. The Morgan fingerprint density at radius 3 is 2.73 bits per heavy atom. The number of carbonyl (C=O) groups excluding carboxylic acids is 1. The first-order valence-corrected chi connectivity index (χ1v) is 9.20. The fraction of sp³-hybridized carbons (Fsp3) is 0.211. The number of halogens is 1. The van der Waals surface area contributed by atoms with Crippen molar-refractivity contribution < 1.29 is 9.53 Å². The van der Waals surface area contributed by atoms with Crippen LogP contribution in [0.15, 0.2) is 52.4 Å². The predicted molar refractivity (Wildman–Crippen MR) is 104 cm³/mol. The maximum atomic E-state index is 13.1. The van der Waals surface area contributed by atoms with E-state index in [9.17, 15) is 9.59 Å². The maximum absolute atomic E-state index is 13.1. The van der Waals surface area contributed by atoms with E-state index in [4.69, 9.17) is 16.3 Å². The first-order valence-electron chi connectivity index (χ1n) is 7.94. The molecule has 26 heavy (non-hydrogen) atoms. The predicted octanol–water partition coefficient (Wildman–Crippen LogP) is 4.00. The second-order valence-electron chi connectivity index (χ2n) is 5.82. The topological polar surface area (TPSA) is 61.2 Å². The van der Waals surface area contributed by atoms with E-state index in [0.717, 1.165) is 5.56 Å². The lowest BCUT2D eigenvalue weighted by Gasteiger charge is -2.16. The van der Waals surface area contributed by atoms with Crippen LogP contribution in [0.4, 0.5) is 0 Å². The molecule has 1 heterocycles. The number of rotatable bonds is 4. The summed E-state index contributed by atoms with van der Waals surface area (Å²) in [6.45, 7) is 3.66. The zero-order valence-corrected chi connectivity index (χ0v) is 16.1. The van der Waals surface area contributed by atoms with Crippen LogP contribution < -0.4 is 5.56 Å². The molecule has 0 saturated heterocycles. The van der Waals surface area contributed by atoms with Crippen molar-refractivity contribution in [1.29, 1.82) is 0 Å². The molecule has 0 radical (unpaired) electrons. The van der Waals surface area contributed by atoms with Crippen LogP contribution in [0.3, 0.4) is 0 Å². The molecular weight excluding hydrogens is 372 g/mol. The Morgan fingerprint density at radius 1 is 1.27 bits per heavy atom. The number of benzene rings is 2. The van der Waals surface area contributed by atoms with Crippen LogP contribution in [0.25, 0.3) is 16.6 Å². The van der Waals surface area contributed by atoms with E-state index in [1.165, 1.54) is 23.4 Å². The second-order valence-corrected chi connectivity index (χ2v) is 7.56. The van der Waals surface area contributed by atoms with Crippen molar-refractivity contribution in [1.82, 2.24) is 9.55 Å². The Kier molecular flexibility index (Phi) is 5.34. The highest BCUT2D eigenvalue weighted by Gasteiger charge is 2.20. The summed E-state index contributed by atoms with van der Waals surface area (Å²) in [7, 11) is 1.33. The van der Waals surface area contributed by atoms with Crippen molar-refractivity contribution in [2.24, 2.45) is 0 Å². The number of carbonyl (C=O) groups is 1. The normalized spacial score (nSPS) is 12.2. The minimum absolute atomic E-state index is 0.211. The zero-order chi connectivity index (χ0) is 18.8. The lowest BCUT2D eigenvalue weighted by Crippen LogP contribution is -2.24. The van der Waals surface area contributed by atoms with Gasteiger partial charge in [0.25, 0.3) is 5.56 Å². The Labute approximate surface area is 160 Å². The number of ether oxygens (including phenoxy) is 1. The molecule has 0 N–H and O–H groups in total. The number of methoxy groups -OCH3 is 1. The average Bonchev–Trinajstić information content (AvgIpc) is 2.60. The zero-order valence-electron chi connectivity index (χ0n) is 14.5. The molecule has 7 heteroatoms. The quantitative estimate of drug-likeness (QED) is 0.384. The summed E-state index contributed by atoms with van der Waals surface area (Å²) in [6.07, 6.45) is 0. The number of esters is 1. The lowest BCUT2D eigenvalue weighted by molar-refractivity contribution is -0.139. The average molecular weight is 389 g/mol. The molecule has 0 aliphatic carbocycles. The molecule has 134 valence electrons. The van der Waals surface area contributed by atoms with Crippen molar-refractivity contribution in [3.05, 3.63) is 63.4 Å². The van der Waals surface area contributed by atoms with Crippen molar-refractivity contribution in [2.45, 2.75) is 24.3 Å². The Bertz CT molecular complexity index is 1050. The summed E-state index contributed by atoms with van der Waals surface area (Å²) in [5.41, 5.74) is 1.99. The molecule has 1 aromatic heterocycles. The Balaban J connectivity index is 2.27. The van der Waals surface area contributed by atoms with Gasteiger partial charge in [-0.05, 0) is 49.7 Å². The smallest absolute Gasteiger partial charge is 0.318 e. The third-order valence-corrected chi connectivity index (χ3v) is 5.14. The number of aryl methyl sites for hydroxylation is 1. The van der Waals surface area contributed by atoms with Gasteiger partial charge in [-0.2, -0.15) is 0 Å². The molecule has 0 aliphatic heterocycles. The highest BCUT2D eigenvalue weighted by atomic mass is 35.5. The van der Waals surface area contributed by atoms with E-state index in [0.29, 0.717) is 26.8 Å². The van der Waals surface area contributed by atoms with Crippen LogP contribution in [0.1, 0.15) is 12.5 Å². The molecule has 2 aromatic carbocycles. The van der Waals surface area contributed by atoms with Crippen molar-refractivity contribution in [3.63, 3.8) is 0 Å². The SMILES string of the molecule is COC(=O)[C@@H](C)Sc1nc2cc(Cl)ccc2c(=O)n1-c1cccc(C)c1. The first-order chi connectivity index (χ1) is 12.4. The van der Waals surface area contributed by atoms with Crippen LogP contribution in [-0.4, -0.2) is 27.9 Å². The number of fused-ring (bicyclic) bond motifs is 1. The fourth-order valence-electron chi connectivity index (χ4n) is 2.58. The van der Waals surface area contributed by atoms with Gasteiger partial charge >= 0.3 is 5.97 Å². The van der Waals surface area contributed by atoms with Gasteiger partial charge in [0.05, 0.1) is 23.7 Å². The van der Waals surface area contributed by atoms with Gasteiger partial charge in [-0.15, -0.1) is 0 Å². The van der Waals surface area contributed by atoms with E-state index < -0.39 is 5.25 Å². The summed E-state index contributed by atoms with van der Waals surface area (Å²) < 4.78 is 6.31. The molecule has 0 bridgehead atoms. The van der Waals surface area contributed by atoms with E-state index in [-0.39, 0.29) is 11.5 Å². The molecule has 3 aromatic rings. The van der Waals surface area contributed by atoms with Crippen LogP contribution >= 0.6 is 23.4 Å². The third-order valence-electron chi connectivity index (χ3n) is 3.88. The summed E-state index contributed by atoms with van der Waals surface area (Å²) in [6, 6.07) is 12.5. The van der Waals surface area contributed by atoms with Gasteiger partial charge in [0.2, 0.25) is 0 Å². The monoisotopic (exact) mass is 388 g/mol. The Morgan fingerprint density at radius 2 is 2.04 bits per heavy atom.